The predicted molar refractivity (Wildman–Crippen MR) is 38.5 cm³/mol. The first kappa shape index (κ1) is 18.8. The van der Waals surface area contributed by atoms with Crippen molar-refractivity contribution in [3.05, 3.63) is 0 Å². The lowest BCUT2D eigenvalue weighted by molar-refractivity contribution is -0.380. The van der Waals surface area contributed by atoms with Crippen LogP contribution in [0, 0.1) is 0 Å². The summed E-state index contributed by atoms with van der Waals surface area (Å²) in [6.07, 6.45) is -20.2. The second-order valence-electron chi connectivity index (χ2n) is 2.97. The minimum atomic E-state index is -7.11. The summed E-state index contributed by atoms with van der Waals surface area (Å²) in [5.41, 5.74) is 0. The second-order valence-corrected chi connectivity index (χ2v) is 4.48. The van der Waals surface area contributed by atoms with Gasteiger partial charge in [-0.05, 0) is 0 Å². The van der Waals surface area contributed by atoms with E-state index in [0.29, 0.717) is 0 Å². The molecule has 0 heterocycles. The van der Waals surface area contributed by atoms with Gasteiger partial charge in [0, 0.05) is 0 Å². The molecule has 1 atom stereocenters. The van der Waals surface area contributed by atoms with E-state index in [1.807, 2.05) is 4.74 Å². The van der Waals surface area contributed by atoms with Gasteiger partial charge >= 0.3 is 39.5 Å². The molecule has 0 aliphatic carbocycles. The Kier molecular flexibility index (Phi) is 4.35. The van der Waals surface area contributed by atoms with Crippen LogP contribution in [-0.4, -0.2) is 42.4 Å². The number of esters is 1. The lowest BCUT2D eigenvalue weighted by Gasteiger charge is -2.25. The average molecular weight is 344 g/mol. The molecule has 120 valence electrons. The zero-order valence-electron chi connectivity index (χ0n) is 8.39. The van der Waals surface area contributed by atoms with Crippen LogP contribution in [0.25, 0.3) is 0 Å². The van der Waals surface area contributed by atoms with Gasteiger partial charge in [0.1, 0.15) is 0 Å². The highest BCUT2D eigenvalue weighted by Crippen LogP contribution is 2.43. The maximum absolute atomic E-state index is 13.0. The lowest BCUT2D eigenvalue weighted by Crippen LogP contribution is -2.57. The molecule has 1 N–H and O–H groups in total. The number of rotatable bonds is 3. The Bertz CT molecular complexity index is 490. The Hall–Kier alpha value is -1.25. The number of hydrogen-bond acceptors (Lipinski definition) is 4. The smallest absolute Gasteiger partial charge is 0.390 e. The van der Waals surface area contributed by atoms with Crippen molar-refractivity contribution in [1.82, 2.24) is 0 Å². The van der Waals surface area contributed by atoms with Crippen LogP contribution in [0.2, 0.25) is 0 Å². The second kappa shape index (κ2) is 4.64. The lowest BCUT2D eigenvalue weighted by atomic mass is 10.3. The zero-order chi connectivity index (χ0) is 16.8. The van der Waals surface area contributed by atoms with Gasteiger partial charge in [-0.2, -0.15) is 43.5 Å². The van der Waals surface area contributed by atoms with Crippen LogP contribution in [0.4, 0.5) is 39.5 Å². The van der Waals surface area contributed by atoms with E-state index < -0.39 is 39.5 Å². The van der Waals surface area contributed by atoms with Crippen molar-refractivity contribution in [2.24, 2.45) is 0 Å². The van der Waals surface area contributed by atoms with Gasteiger partial charge in [0.15, 0.2) is 0 Å². The molecule has 0 aromatic heterocycles. The predicted octanol–water partition coefficient (Wildman–Crippen LogP) is 1.80. The molecule has 0 spiro atoms. The van der Waals surface area contributed by atoms with Gasteiger partial charge in [-0.15, -0.1) is 0 Å². The summed E-state index contributed by atoms with van der Waals surface area (Å²) >= 11 is 0. The van der Waals surface area contributed by atoms with Gasteiger partial charge in [-0.3, -0.25) is 4.55 Å². The molecule has 0 aliphatic rings. The summed E-state index contributed by atoms with van der Waals surface area (Å²) in [6, 6.07) is 0. The van der Waals surface area contributed by atoms with Crippen LogP contribution in [0.15, 0.2) is 0 Å². The molecular weight excluding hydrogens is 343 g/mol. The van der Waals surface area contributed by atoms with Crippen LogP contribution in [0.5, 0.6) is 0 Å². The maximum Gasteiger partial charge on any atom is 0.501 e. The highest BCUT2D eigenvalue weighted by atomic mass is 32.2. The summed E-state index contributed by atoms with van der Waals surface area (Å²) in [4.78, 5) is 10.4. The monoisotopic (exact) mass is 344 g/mol. The SMILES string of the molecule is O=C(OC(F)(F)C(F)(F)F)C(F)(C(F)(F)F)S(=O)(=O)O. The number of hydrogen-bond donors (Lipinski definition) is 1. The Morgan fingerprint density at radius 2 is 1.20 bits per heavy atom. The molecule has 20 heavy (non-hydrogen) atoms. The molecule has 1 unspecified atom stereocenters. The molecule has 0 radical (unpaired) electrons. The number of carbonyl (C=O) groups excluding carboxylic acids is 1. The first-order valence-corrected chi connectivity index (χ1v) is 5.22. The van der Waals surface area contributed by atoms with Gasteiger partial charge in [-0.1, -0.05) is 0 Å². The van der Waals surface area contributed by atoms with Crippen molar-refractivity contribution in [1.29, 1.82) is 0 Å². The van der Waals surface area contributed by atoms with Crippen LogP contribution < -0.4 is 0 Å². The molecule has 5 nitrogen and oxygen atoms in total. The van der Waals surface area contributed by atoms with Crippen molar-refractivity contribution < 1.29 is 62.0 Å². The van der Waals surface area contributed by atoms with E-state index in [2.05, 4.69) is 0 Å². The molecule has 0 fully saturated rings. The first-order valence-electron chi connectivity index (χ1n) is 3.78. The van der Waals surface area contributed by atoms with Crippen LogP contribution in [0.1, 0.15) is 0 Å². The fourth-order valence-electron chi connectivity index (χ4n) is 0.607. The average Bonchev–Trinajstić information content (AvgIpc) is 2.09. The molecule has 0 bridgehead atoms. The third-order valence-corrected chi connectivity index (χ3v) is 2.64. The van der Waals surface area contributed by atoms with E-state index in [0.717, 1.165) is 0 Å². The van der Waals surface area contributed by atoms with E-state index in [-0.39, 0.29) is 0 Å². The molecule has 0 aliphatic heterocycles. The summed E-state index contributed by atoms with van der Waals surface area (Å²) < 4.78 is 138. The van der Waals surface area contributed by atoms with Gasteiger partial charge in [0.2, 0.25) is 0 Å². The summed E-state index contributed by atoms with van der Waals surface area (Å²) in [7, 11) is -7.11. The summed E-state index contributed by atoms with van der Waals surface area (Å²) in [6.45, 7) is 0. The minimum absolute atomic E-state index is 1.89. The standard InChI is InChI=1S/C5HF9O5S/c6-2(3(7,8)9,20(16,17)18)1(15)19-5(13,14)4(10,11)12/h(H,16,17,18). The largest absolute Gasteiger partial charge is 0.501 e. The number of carbonyl (C=O) groups is 1. The number of ether oxygens (including phenoxy) is 1. The summed E-state index contributed by atoms with van der Waals surface area (Å²) in [5.74, 6) is -4.20. The van der Waals surface area contributed by atoms with Crippen molar-refractivity contribution in [3.63, 3.8) is 0 Å². The van der Waals surface area contributed by atoms with Crippen molar-refractivity contribution in [2.45, 2.75) is 23.5 Å². The Balaban J connectivity index is 5.78. The molecule has 0 aromatic carbocycles. The Morgan fingerprint density at radius 1 is 0.850 bits per heavy atom. The minimum Gasteiger partial charge on any atom is -0.390 e. The van der Waals surface area contributed by atoms with E-state index >= 15 is 0 Å². The first-order chi connectivity index (χ1) is 8.38. The Labute approximate surface area is 103 Å². The molecule has 0 saturated carbocycles. The van der Waals surface area contributed by atoms with Crippen molar-refractivity contribution in [2.75, 3.05) is 0 Å². The summed E-state index contributed by atoms with van der Waals surface area (Å²) in [5, 5.41) is -6.51. The maximum atomic E-state index is 13.0. The van der Waals surface area contributed by atoms with E-state index in [1.54, 1.807) is 0 Å². The van der Waals surface area contributed by atoms with Gasteiger partial charge in [0.25, 0.3) is 0 Å². The molecular formula is C5HF9O5S. The fourth-order valence-corrected chi connectivity index (χ4v) is 1.15. The van der Waals surface area contributed by atoms with Crippen molar-refractivity contribution >= 4 is 16.1 Å². The third kappa shape index (κ3) is 3.08. The van der Waals surface area contributed by atoms with Gasteiger partial charge in [0.05, 0.1) is 0 Å². The topological polar surface area (TPSA) is 80.7 Å². The Morgan fingerprint density at radius 3 is 1.40 bits per heavy atom. The number of alkyl halides is 9. The quantitative estimate of drug-likeness (QED) is 0.480. The van der Waals surface area contributed by atoms with Gasteiger partial charge < -0.3 is 4.74 Å². The molecule has 0 saturated heterocycles. The van der Waals surface area contributed by atoms with Crippen molar-refractivity contribution in [3.8, 4) is 0 Å². The van der Waals surface area contributed by atoms with E-state index in [4.69, 9.17) is 4.55 Å². The molecule has 0 rings (SSSR count). The van der Waals surface area contributed by atoms with E-state index in [1.165, 1.54) is 0 Å². The molecule has 0 amide bonds. The molecule has 15 heteroatoms. The van der Waals surface area contributed by atoms with E-state index in [9.17, 15) is 52.7 Å². The van der Waals surface area contributed by atoms with Gasteiger partial charge in [-0.25, -0.2) is 9.18 Å². The third-order valence-electron chi connectivity index (χ3n) is 1.53. The normalized spacial score (nSPS) is 17.5. The van der Waals surface area contributed by atoms with Crippen LogP contribution >= 0.6 is 0 Å². The highest BCUT2D eigenvalue weighted by Gasteiger charge is 2.75. The molecule has 0 aromatic rings. The number of halogens is 9. The fraction of sp³-hybridized carbons (Fsp3) is 0.800. The van der Waals surface area contributed by atoms with Crippen LogP contribution in [0.3, 0.4) is 0 Å². The zero-order valence-corrected chi connectivity index (χ0v) is 9.21. The van der Waals surface area contributed by atoms with Crippen LogP contribution in [-0.2, 0) is 19.6 Å². The highest BCUT2D eigenvalue weighted by molar-refractivity contribution is 7.88.